The molecule has 3 N–H and O–H groups in total. The number of anilines is 1. The second-order valence-corrected chi connectivity index (χ2v) is 6.90. The number of rotatable bonds is 10. The molecule has 0 fully saturated rings. The Morgan fingerprint density at radius 1 is 1.32 bits per heavy atom. The van der Waals surface area contributed by atoms with Crippen LogP contribution in [0.2, 0.25) is 0 Å². The van der Waals surface area contributed by atoms with E-state index in [9.17, 15) is 10.0 Å². The average Bonchev–Trinajstić information content (AvgIpc) is 2.57. The molecular formula is C18H31N6O3S+. The number of aryl methyl sites for hydroxylation is 2. The first-order chi connectivity index (χ1) is 13.2. The van der Waals surface area contributed by atoms with Crippen molar-refractivity contribution in [1.29, 1.82) is 0 Å². The molecule has 0 saturated heterocycles. The van der Waals surface area contributed by atoms with Crippen molar-refractivity contribution in [3.63, 3.8) is 0 Å². The van der Waals surface area contributed by atoms with E-state index in [0.29, 0.717) is 30.3 Å². The van der Waals surface area contributed by atoms with Gasteiger partial charge in [0.2, 0.25) is 5.95 Å². The smallest absolute Gasteiger partial charge is 0.370 e. The van der Waals surface area contributed by atoms with Crippen LogP contribution in [0.25, 0.3) is 0 Å². The number of carbonyl (C=O) groups excluding carboxylic acids is 1. The van der Waals surface area contributed by atoms with Crippen LogP contribution in [-0.4, -0.2) is 44.7 Å². The molecule has 0 spiro atoms. The zero-order chi connectivity index (χ0) is 21.2. The lowest BCUT2D eigenvalue weighted by Crippen LogP contribution is -2.52. The van der Waals surface area contributed by atoms with Gasteiger partial charge in [-0.1, -0.05) is 20.3 Å². The van der Waals surface area contributed by atoms with Gasteiger partial charge >= 0.3 is 6.03 Å². The van der Waals surface area contributed by atoms with Crippen LogP contribution in [-0.2, 0) is 4.74 Å². The van der Waals surface area contributed by atoms with Gasteiger partial charge in [-0.25, -0.2) is 14.8 Å². The highest BCUT2D eigenvalue weighted by molar-refractivity contribution is 7.74. The number of ether oxygens (including phenoxy) is 1. The maximum absolute atomic E-state index is 12.3. The zero-order valence-electron chi connectivity index (χ0n) is 17.2. The van der Waals surface area contributed by atoms with Crippen molar-refractivity contribution in [3.8, 4) is 0 Å². The van der Waals surface area contributed by atoms with Gasteiger partial charge < -0.3 is 4.74 Å². The second-order valence-electron chi connectivity index (χ2n) is 6.32. The van der Waals surface area contributed by atoms with Crippen LogP contribution in [0.4, 0.5) is 10.7 Å². The highest BCUT2D eigenvalue weighted by Gasteiger charge is 2.34. The number of aromatic nitrogens is 2. The molecule has 0 aliphatic heterocycles. The van der Waals surface area contributed by atoms with E-state index in [1.54, 1.807) is 26.8 Å². The molecule has 0 aliphatic rings. The third-order valence-corrected chi connectivity index (χ3v) is 3.86. The van der Waals surface area contributed by atoms with Gasteiger partial charge in [-0.2, -0.15) is 5.21 Å². The third-order valence-electron chi connectivity index (χ3n) is 3.54. The van der Waals surface area contributed by atoms with Crippen molar-refractivity contribution in [1.82, 2.24) is 15.4 Å². The number of hydroxylamine groups is 1. The Labute approximate surface area is 172 Å². The Hall–Kier alpha value is -2.17. The van der Waals surface area contributed by atoms with Crippen LogP contribution < -0.4 is 10.7 Å². The van der Waals surface area contributed by atoms with Crippen molar-refractivity contribution < 1.29 is 18.9 Å². The lowest BCUT2D eigenvalue weighted by atomic mass is 10.3. The molecule has 0 aromatic carbocycles. The van der Waals surface area contributed by atoms with E-state index in [0.717, 1.165) is 19.3 Å². The molecule has 2 amide bonds. The normalized spacial score (nSPS) is 14.4. The molecule has 0 saturated carbocycles. The van der Waals surface area contributed by atoms with Crippen molar-refractivity contribution in [2.45, 2.75) is 53.9 Å². The second kappa shape index (κ2) is 11.6. The predicted octanol–water partition coefficient (Wildman–Crippen LogP) is 3.71. The Morgan fingerprint density at radius 2 is 1.96 bits per heavy atom. The average molecular weight is 412 g/mol. The molecule has 1 aromatic heterocycles. The largest absolute Gasteiger partial charge is 0.492 e. The molecule has 28 heavy (non-hydrogen) atoms. The zero-order valence-corrected chi connectivity index (χ0v) is 18.1. The molecule has 0 aliphatic carbocycles. The summed E-state index contributed by atoms with van der Waals surface area (Å²) in [5.74, 6) is 0.540. The summed E-state index contributed by atoms with van der Waals surface area (Å²) in [6.07, 6.45) is 4.14. The van der Waals surface area contributed by atoms with Crippen molar-refractivity contribution in [2.75, 3.05) is 18.5 Å². The van der Waals surface area contributed by atoms with E-state index in [1.165, 1.54) is 6.21 Å². The minimum absolute atomic E-state index is 0.129. The Kier molecular flexibility index (Phi) is 9.91. The summed E-state index contributed by atoms with van der Waals surface area (Å²) in [5, 5.41) is 13.2. The first-order valence-electron chi connectivity index (χ1n) is 9.29. The quantitative estimate of drug-likeness (QED) is 0.117. The van der Waals surface area contributed by atoms with Gasteiger partial charge in [0.15, 0.2) is 5.76 Å². The van der Waals surface area contributed by atoms with Gasteiger partial charge in [0.25, 0.3) is 5.70 Å². The molecule has 1 atom stereocenters. The summed E-state index contributed by atoms with van der Waals surface area (Å²) in [5.41, 5.74) is 3.97. The molecular weight excluding hydrogens is 380 g/mol. The molecule has 1 aromatic rings. The SMILES string of the molecule is CCCCO/C(C)=C(/C=NCCC)[N+](O)(S)NC(=O)Nc1nc(C)cc(C)n1. The number of allylic oxidation sites excluding steroid dienone is 2. The number of hydrogen-bond acceptors (Lipinski definition) is 7. The fourth-order valence-corrected chi connectivity index (χ4v) is 2.51. The van der Waals surface area contributed by atoms with Gasteiger partial charge in [0, 0.05) is 22.1 Å². The number of hydrogen-bond donors (Lipinski definition) is 4. The number of aliphatic imine (C=N–C) groups is 1. The fourth-order valence-electron chi connectivity index (χ4n) is 2.23. The molecule has 1 heterocycles. The van der Waals surface area contributed by atoms with E-state index in [4.69, 9.17) is 4.74 Å². The molecule has 156 valence electrons. The lowest BCUT2D eigenvalue weighted by molar-refractivity contribution is -0.984. The molecule has 9 nitrogen and oxygen atoms in total. The highest BCUT2D eigenvalue weighted by Crippen LogP contribution is 2.19. The van der Waals surface area contributed by atoms with Crippen molar-refractivity contribution in [3.05, 3.63) is 28.9 Å². The predicted molar refractivity (Wildman–Crippen MR) is 112 cm³/mol. The van der Waals surface area contributed by atoms with Crippen molar-refractivity contribution in [2.24, 2.45) is 4.99 Å². The molecule has 1 unspecified atom stereocenters. The number of nitrogens with one attached hydrogen (secondary N) is 2. The third kappa shape index (κ3) is 8.24. The van der Waals surface area contributed by atoms with Crippen LogP contribution >= 0.6 is 12.8 Å². The molecule has 10 heteroatoms. The summed E-state index contributed by atoms with van der Waals surface area (Å²) in [7, 11) is 0. The number of thiol groups is 1. The van der Waals surface area contributed by atoms with Crippen LogP contribution in [0, 0.1) is 13.8 Å². The number of unbranched alkanes of at least 4 members (excludes halogenated alkanes) is 1. The van der Waals surface area contributed by atoms with E-state index in [1.807, 2.05) is 6.92 Å². The van der Waals surface area contributed by atoms with Gasteiger partial charge in [0.1, 0.15) is 12.8 Å². The molecule has 1 rings (SSSR count). The van der Waals surface area contributed by atoms with Crippen LogP contribution in [0.5, 0.6) is 0 Å². The fraction of sp³-hybridized carbons (Fsp3) is 0.556. The van der Waals surface area contributed by atoms with Crippen LogP contribution in [0.3, 0.4) is 0 Å². The summed E-state index contributed by atoms with van der Waals surface area (Å²) in [6, 6.07) is 1.06. The van der Waals surface area contributed by atoms with Gasteiger partial charge in [-0.05, 0) is 39.7 Å². The number of nitrogens with zero attached hydrogens (tertiary/aromatic N) is 4. The molecule has 0 radical (unpaired) electrons. The standard InChI is InChI=1S/C18H30N6O3S/c1-6-8-10-27-15(5)16(12-19-9-7-2)24(26,28)23-18(25)22-17-20-13(3)11-14(4)21-17/h11-12,26,28H,6-10H2,1-5H3,(H-,20,21,22,23,25)/p+1/b16-15-,19-12?. The van der Waals surface area contributed by atoms with Gasteiger partial charge in [-0.3, -0.25) is 10.3 Å². The first kappa shape index (κ1) is 23.9. The first-order valence-corrected chi connectivity index (χ1v) is 9.69. The number of urea groups is 1. The summed E-state index contributed by atoms with van der Waals surface area (Å²) in [4.78, 5) is 24.8. The minimum Gasteiger partial charge on any atom is -0.492 e. The number of carbonyl (C=O) groups is 1. The maximum atomic E-state index is 12.3. The summed E-state index contributed by atoms with van der Waals surface area (Å²) >= 11 is 4.17. The van der Waals surface area contributed by atoms with E-state index in [-0.39, 0.29) is 11.6 Å². The monoisotopic (exact) mass is 411 g/mol. The topological polar surface area (TPSA) is 109 Å². The van der Waals surface area contributed by atoms with Crippen LogP contribution in [0.15, 0.2) is 22.5 Å². The maximum Gasteiger partial charge on any atom is 0.370 e. The van der Waals surface area contributed by atoms with E-state index >= 15 is 0 Å². The lowest BCUT2D eigenvalue weighted by Gasteiger charge is -2.23. The van der Waals surface area contributed by atoms with Crippen molar-refractivity contribution >= 4 is 31.0 Å². The summed E-state index contributed by atoms with van der Waals surface area (Å²) < 4.78 is 4.43. The van der Waals surface area contributed by atoms with Gasteiger partial charge in [-0.15, -0.1) is 5.43 Å². The Morgan fingerprint density at radius 3 is 2.54 bits per heavy atom. The van der Waals surface area contributed by atoms with Crippen LogP contribution in [0.1, 0.15) is 51.4 Å². The Bertz CT molecular complexity index is 701. The van der Waals surface area contributed by atoms with Gasteiger partial charge in [0.05, 0.1) is 12.8 Å². The molecule has 0 bridgehead atoms. The summed E-state index contributed by atoms with van der Waals surface area (Å²) in [6.45, 7) is 10.4. The van der Waals surface area contributed by atoms with E-state index < -0.39 is 10.2 Å². The minimum atomic E-state index is -1.23. The number of quaternary nitrogens is 1. The number of amides is 2. The van der Waals surface area contributed by atoms with E-state index in [2.05, 4.69) is 45.4 Å². The Balaban J connectivity index is 2.97. The highest BCUT2D eigenvalue weighted by atomic mass is 32.1.